The zero-order valence-corrected chi connectivity index (χ0v) is 12.4. The first-order valence-electron chi connectivity index (χ1n) is 8.31. The molecule has 1 aromatic rings. The van der Waals surface area contributed by atoms with Crippen LogP contribution in [0.3, 0.4) is 0 Å². The molecule has 0 N–H and O–H groups in total. The second-order valence-electron chi connectivity index (χ2n) is 7.76. The number of benzene rings is 1. The van der Waals surface area contributed by atoms with Crippen molar-refractivity contribution in [1.82, 2.24) is 0 Å². The third kappa shape index (κ3) is 1.12. The van der Waals surface area contributed by atoms with Crippen LogP contribution in [0.1, 0.15) is 32.1 Å². The molecule has 1 nitrogen and oxygen atoms in total. The van der Waals surface area contributed by atoms with Crippen LogP contribution in [0, 0.1) is 35.5 Å². The highest BCUT2D eigenvalue weighted by Gasteiger charge is 2.69. The Morgan fingerprint density at radius 3 is 2.75 bits per heavy atom. The fourth-order valence-electron chi connectivity index (χ4n) is 6.77. The lowest BCUT2D eigenvalue weighted by Crippen LogP contribution is -2.44. The maximum absolute atomic E-state index is 6.57. The summed E-state index contributed by atoms with van der Waals surface area (Å²) in [7, 11) is 0. The molecule has 7 atom stereocenters. The Balaban J connectivity index is 1.41. The number of hydrogen-bond donors (Lipinski definition) is 0. The SMILES string of the molecule is c1ccc2c(c1)OC1(CC3CC1C1C4CCC(C4)C31)S2. The molecule has 2 heteroatoms. The number of rotatable bonds is 0. The summed E-state index contributed by atoms with van der Waals surface area (Å²) in [6.07, 6.45) is 7.39. The van der Waals surface area contributed by atoms with Crippen molar-refractivity contribution in [3.05, 3.63) is 24.3 Å². The van der Waals surface area contributed by atoms with E-state index in [9.17, 15) is 0 Å². The number of hydrogen-bond acceptors (Lipinski definition) is 2. The number of para-hydroxylation sites is 1. The largest absolute Gasteiger partial charge is 0.475 e. The monoisotopic (exact) mass is 284 g/mol. The van der Waals surface area contributed by atoms with E-state index < -0.39 is 0 Å². The van der Waals surface area contributed by atoms with Crippen LogP contribution in [-0.4, -0.2) is 4.93 Å². The normalized spacial score (nSPS) is 53.4. The maximum Gasteiger partial charge on any atom is 0.162 e. The highest BCUT2D eigenvalue weighted by Crippen LogP contribution is 2.74. The summed E-state index contributed by atoms with van der Waals surface area (Å²) in [5.41, 5.74) is 0. The Labute approximate surface area is 124 Å². The van der Waals surface area contributed by atoms with Crippen molar-refractivity contribution in [2.24, 2.45) is 35.5 Å². The standard InChI is InChI=1S/C18H20OS/c1-2-4-15-14(3-1)19-18(20-15)9-12-8-13(18)17-11-6-5-10(7-11)16(12)17/h1-4,10-13,16-17H,5-9H2. The quantitative estimate of drug-likeness (QED) is 0.645. The van der Waals surface area contributed by atoms with Gasteiger partial charge in [0.05, 0.1) is 4.90 Å². The van der Waals surface area contributed by atoms with Gasteiger partial charge in [-0.15, -0.1) is 0 Å². The van der Waals surface area contributed by atoms with Gasteiger partial charge in [-0.25, -0.2) is 0 Å². The van der Waals surface area contributed by atoms with E-state index in [4.69, 9.17) is 4.74 Å². The average Bonchev–Trinajstić information content (AvgIpc) is 3.22. The molecule has 0 aromatic heterocycles. The topological polar surface area (TPSA) is 9.23 Å². The lowest BCUT2D eigenvalue weighted by Gasteiger charge is -2.43. The molecule has 5 aliphatic rings. The second-order valence-corrected chi connectivity index (χ2v) is 9.09. The van der Waals surface area contributed by atoms with Crippen molar-refractivity contribution < 1.29 is 4.74 Å². The van der Waals surface area contributed by atoms with Crippen LogP contribution >= 0.6 is 11.8 Å². The first-order chi connectivity index (χ1) is 9.84. The van der Waals surface area contributed by atoms with E-state index >= 15 is 0 Å². The number of ether oxygens (including phenoxy) is 1. The van der Waals surface area contributed by atoms with E-state index in [-0.39, 0.29) is 4.93 Å². The van der Waals surface area contributed by atoms with Crippen molar-refractivity contribution in [2.75, 3.05) is 0 Å². The van der Waals surface area contributed by atoms with E-state index in [0.717, 1.165) is 41.3 Å². The molecule has 4 aliphatic carbocycles. The van der Waals surface area contributed by atoms with Gasteiger partial charge in [0, 0.05) is 12.3 Å². The van der Waals surface area contributed by atoms with Gasteiger partial charge < -0.3 is 4.74 Å². The van der Waals surface area contributed by atoms with Crippen molar-refractivity contribution in [3.8, 4) is 5.75 Å². The highest BCUT2D eigenvalue weighted by molar-refractivity contribution is 8.01. The molecule has 4 fully saturated rings. The van der Waals surface area contributed by atoms with Gasteiger partial charge in [0.15, 0.2) is 4.93 Å². The molecule has 20 heavy (non-hydrogen) atoms. The summed E-state index contributed by atoms with van der Waals surface area (Å²) in [6, 6.07) is 8.69. The van der Waals surface area contributed by atoms with Crippen LogP contribution in [0.5, 0.6) is 5.75 Å². The Bertz CT molecular complexity index is 572. The Kier molecular flexibility index (Phi) is 1.87. The Morgan fingerprint density at radius 2 is 1.85 bits per heavy atom. The highest BCUT2D eigenvalue weighted by atomic mass is 32.2. The Morgan fingerprint density at radius 1 is 1.00 bits per heavy atom. The van der Waals surface area contributed by atoms with Crippen LogP contribution in [0.25, 0.3) is 0 Å². The van der Waals surface area contributed by atoms with Crippen molar-refractivity contribution in [2.45, 2.75) is 41.9 Å². The van der Waals surface area contributed by atoms with Crippen LogP contribution < -0.4 is 4.74 Å². The minimum absolute atomic E-state index is 0.125. The van der Waals surface area contributed by atoms with E-state index in [2.05, 4.69) is 36.0 Å². The predicted octanol–water partition coefficient (Wildman–Crippen LogP) is 4.57. The fraction of sp³-hybridized carbons (Fsp3) is 0.667. The molecule has 104 valence electrons. The smallest absolute Gasteiger partial charge is 0.162 e. The Hall–Kier alpha value is -0.630. The maximum atomic E-state index is 6.57. The molecular weight excluding hydrogens is 264 g/mol. The molecule has 0 radical (unpaired) electrons. The van der Waals surface area contributed by atoms with Gasteiger partial charge in [-0.3, -0.25) is 0 Å². The van der Waals surface area contributed by atoms with Crippen molar-refractivity contribution in [3.63, 3.8) is 0 Å². The molecule has 1 aliphatic heterocycles. The summed E-state index contributed by atoms with van der Waals surface area (Å²) in [5.74, 6) is 7.19. The summed E-state index contributed by atoms with van der Waals surface area (Å²) in [6.45, 7) is 0. The lowest BCUT2D eigenvalue weighted by atomic mass is 9.70. The third-order valence-corrected chi connectivity index (χ3v) is 8.59. The van der Waals surface area contributed by atoms with Gasteiger partial charge in [-0.05, 0) is 67.4 Å². The molecule has 6 rings (SSSR count). The van der Waals surface area contributed by atoms with Crippen LogP contribution in [-0.2, 0) is 0 Å². The molecule has 4 bridgehead atoms. The lowest BCUT2D eigenvalue weighted by molar-refractivity contribution is 0.0252. The summed E-state index contributed by atoms with van der Waals surface area (Å²) in [5, 5.41) is 0. The first kappa shape index (κ1) is 11.0. The van der Waals surface area contributed by atoms with Crippen molar-refractivity contribution in [1.29, 1.82) is 0 Å². The molecule has 7 unspecified atom stereocenters. The third-order valence-electron chi connectivity index (χ3n) is 7.14. The minimum Gasteiger partial charge on any atom is -0.475 e. The zero-order chi connectivity index (χ0) is 12.9. The van der Waals surface area contributed by atoms with Crippen LogP contribution in [0.2, 0.25) is 0 Å². The van der Waals surface area contributed by atoms with Gasteiger partial charge >= 0.3 is 0 Å². The fourth-order valence-corrected chi connectivity index (χ4v) is 8.34. The number of fused-ring (bicyclic) bond motifs is 11. The zero-order valence-electron chi connectivity index (χ0n) is 11.6. The van der Waals surface area contributed by atoms with Gasteiger partial charge in [0.1, 0.15) is 5.75 Å². The average molecular weight is 284 g/mol. The van der Waals surface area contributed by atoms with Gasteiger partial charge in [0.2, 0.25) is 0 Å². The van der Waals surface area contributed by atoms with E-state index in [1.807, 2.05) is 0 Å². The van der Waals surface area contributed by atoms with E-state index in [0.29, 0.717) is 0 Å². The number of thioether (sulfide) groups is 1. The molecular formula is C18H20OS. The van der Waals surface area contributed by atoms with Gasteiger partial charge in [-0.1, -0.05) is 23.9 Å². The summed E-state index contributed by atoms with van der Waals surface area (Å²) >= 11 is 2.06. The first-order valence-corrected chi connectivity index (χ1v) is 9.13. The molecule has 0 amide bonds. The van der Waals surface area contributed by atoms with Crippen LogP contribution in [0.4, 0.5) is 0 Å². The predicted molar refractivity (Wildman–Crippen MR) is 79.7 cm³/mol. The molecule has 1 aromatic carbocycles. The van der Waals surface area contributed by atoms with Crippen molar-refractivity contribution >= 4 is 11.8 Å². The van der Waals surface area contributed by atoms with Gasteiger partial charge in [-0.2, -0.15) is 0 Å². The summed E-state index contributed by atoms with van der Waals surface area (Å²) < 4.78 is 6.57. The van der Waals surface area contributed by atoms with E-state index in [1.54, 1.807) is 6.42 Å². The van der Waals surface area contributed by atoms with E-state index in [1.165, 1.54) is 30.6 Å². The minimum atomic E-state index is 0.125. The van der Waals surface area contributed by atoms with Gasteiger partial charge in [0.25, 0.3) is 0 Å². The molecule has 0 saturated heterocycles. The molecule has 1 spiro atoms. The summed E-state index contributed by atoms with van der Waals surface area (Å²) in [4.78, 5) is 1.51. The second kappa shape index (κ2) is 3.40. The molecule has 4 saturated carbocycles. The van der Waals surface area contributed by atoms with Crippen LogP contribution in [0.15, 0.2) is 29.2 Å². The molecule has 1 heterocycles.